The Morgan fingerprint density at radius 2 is 1.35 bits per heavy atom. The molecular formula is C33H64O2Si2. The van der Waals surface area contributed by atoms with Gasteiger partial charge < -0.3 is 8.85 Å². The SMILES string of the molecule is CC(C)CCCC(C)C1CCC2C3C(O[Si](C)(C)C)CC4C[C@H](O[Si](C)(C)C)CC[C@]4(C)C3CC[C@]12C. The third-order valence-electron chi connectivity index (χ3n) is 11.8. The van der Waals surface area contributed by atoms with Crippen LogP contribution in [-0.2, 0) is 8.85 Å². The van der Waals surface area contributed by atoms with Gasteiger partial charge in [-0.1, -0.05) is 53.9 Å². The molecule has 0 N–H and O–H groups in total. The van der Waals surface area contributed by atoms with Crippen LogP contribution in [0.4, 0.5) is 0 Å². The monoisotopic (exact) mass is 548 g/mol. The Bertz CT molecular complexity index is 769. The zero-order chi connectivity index (χ0) is 27.4. The molecule has 37 heavy (non-hydrogen) atoms. The quantitative estimate of drug-likeness (QED) is 0.267. The van der Waals surface area contributed by atoms with E-state index in [1.54, 1.807) is 0 Å². The molecule has 2 nitrogen and oxygen atoms in total. The molecule has 7 unspecified atom stereocenters. The molecule has 4 fully saturated rings. The van der Waals surface area contributed by atoms with E-state index in [1.165, 1.54) is 70.6 Å². The molecule has 216 valence electrons. The lowest BCUT2D eigenvalue weighted by atomic mass is 9.43. The number of hydrogen-bond acceptors (Lipinski definition) is 2. The van der Waals surface area contributed by atoms with Gasteiger partial charge in [0, 0.05) is 12.2 Å². The third-order valence-corrected chi connectivity index (χ3v) is 13.9. The molecule has 0 bridgehead atoms. The average Bonchev–Trinajstić information content (AvgIpc) is 3.09. The molecule has 10 atom stereocenters. The van der Waals surface area contributed by atoms with Crippen LogP contribution < -0.4 is 0 Å². The standard InChI is InChI=1S/C33H64O2Si2/c1-23(2)13-12-14-24(3)27-15-16-28-31-29(18-20-33(27,28)5)32(4)19-17-26(34-36(6,7)8)21-25(32)22-30(31)35-37(9,10)11/h23-31H,12-22H2,1-11H3/t24?,25?,26-,27?,28?,29?,30?,31?,32+,33-/m1/s1. The number of rotatable bonds is 9. The Balaban J connectivity index is 1.57. The van der Waals surface area contributed by atoms with Crippen LogP contribution in [0.3, 0.4) is 0 Å². The predicted molar refractivity (Wildman–Crippen MR) is 165 cm³/mol. The van der Waals surface area contributed by atoms with Crippen molar-refractivity contribution in [1.82, 2.24) is 0 Å². The summed E-state index contributed by atoms with van der Waals surface area (Å²) in [7, 11) is -3.12. The molecule has 4 rings (SSSR count). The van der Waals surface area contributed by atoms with Crippen LogP contribution in [-0.4, -0.2) is 28.8 Å². The van der Waals surface area contributed by atoms with Crippen LogP contribution in [0.1, 0.15) is 105 Å². The van der Waals surface area contributed by atoms with Gasteiger partial charge in [-0.3, -0.25) is 0 Å². The first-order chi connectivity index (χ1) is 17.0. The summed E-state index contributed by atoms with van der Waals surface area (Å²) >= 11 is 0. The number of fused-ring (bicyclic) bond motifs is 5. The van der Waals surface area contributed by atoms with Gasteiger partial charge in [0.1, 0.15) is 0 Å². The van der Waals surface area contributed by atoms with Crippen molar-refractivity contribution < 1.29 is 8.85 Å². The van der Waals surface area contributed by atoms with E-state index >= 15 is 0 Å². The molecule has 0 aromatic heterocycles. The Morgan fingerprint density at radius 3 is 1.97 bits per heavy atom. The van der Waals surface area contributed by atoms with Gasteiger partial charge in [0.05, 0.1) is 0 Å². The van der Waals surface area contributed by atoms with Crippen LogP contribution in [0.5, 0.6) is 0 Å². The molecule has 4 aliphatic rings. The van der Waals surface area contributed by atoms with Gasteiger partial charge in [-0.15, -0.1) is 0 Å². The highest BCUT2D eigenvalue weighted by molar-refractivity contribution is 6.70. The summed E-state index contributed by atoms with van der Waals surface area (Å²) in [6.45, 7) is 27.3. The Labute approximate surface area is 234 Å². The zero-order valence-corrected chi connectivity index (χ0v) is 28.8. The maximum Gasteiger partial charge on any atom is 0.184 e. The summed E-state index contributed by atoms with van der Waals surface area (Å²) in [6, 6.07) is 0. The van der Waals surface area contributed by atoms with E-state index in [2.05, 4.69) is 73.9 Å². The van der Waals surface area contributed by atoms with Crippen molar-refractivity contribution in [2.24, 2.45) is 52.3 Å². The smallest absolute Gasteiger partial charge is 0.184 e. The predicted octanol–water partition coefficient (Wildman–Crippen LogP) is 10.2. The maximum atomic E-state index is 7.23. The topological polar surface area (TPSA) is 18.5 Å². The Kier molecular flexibility index (Phi) is 8.99. The molecule has 0 aromatic rings. The van der Waals surface area contributed by atoms with Crippen LogP contribution >= 0.6 is 0 Å². The van der Waals surface area contributed by atoms with E-state index in [1.807, 2.05) is 0 Å². The van der Waals surface area contributed by atoms with Crippen molar-refractivity contribution >= 4 is 16.6 Å². The zero-order valence-electron chi connectivity index (χ0n) is 26.8. The van der Waals surface area contributed by atoms with Crippen molar-refractivity contribution in [2.45, 2.75) is 157 Å². The van der Waals surface area contributed by atoms with E-state index in [4.69, 9.17) is 8.85 Å². The summed E-state index contributed by atoms with van der Waals surface area (Å²) in [5.74, 6) is 5.94. The second-order valence-corrected chi connectivity index (χ2v) is 26.1. The minimum atomic E-state index is -1.62. The Hall–Kier alpha value is 0.354. The second kappa shape index (κ2) is 11.0. The summed E-state index contributed by atoms with van der Waals surface area (Å²) in [5.41, 5.74) is 1.02. The lowest BCUT2D eigenvalue weighted by Crippen LogP contribution is -2.60. The van der Waals surface area contributed by atoms with Gasteiger partial charge in [0.25, 0.3) is 0 Å². The minimum absolute atomic E-state index is 0.486. The second-order valence-electron chi connectivity index (χ2n) is 17.2. The highest BCUT2D eigenvalue weighted by Crippen LogP contribution is 2.69. The van der Waals surface area contributed by atoms with Gasteiger partial charge in [0.15, 0.2) is 16.6 Å². The van der Waals surface area contributed by atoms with Gasteiger partial charge in [-0.05, 0) is 143 Å². The summed E-state index contributed by atoms with van der Waals surface area (Å²) in [5, 5.41) is 0. The summed E-state index contributed by atoms with van der Waals surface area (Å²) in [4.78, 5) is 0. The third kappa shape index (κ3) is 6.48. The maximum absolute atomic E-state index is 7.23. The van der Waals surface area contributed by atoms with Crippen molar-refractivity contribution in [2.75, 3.05) is 0 Å². The molecule has 0 heterocycles. The van der Waals surface area contributed by atoms with Crippen molar-refractivity contribution in [3.63, 3.8) is 0 Å². The van der Waals surface area contributed by atoms with Gasteiger partial charge in [-0.2, -0.15) is 0 Å². The molecule has 0 aromatic carbocycles. The molecule has 0 amide bonds. The first kappa shape index (κ1) is 30.3. The van der Waals surface area contributed by atoms with Gasteiger partial charge in [0.2, 0.25) is 0 Å². The van der Waals surface area contributed by atoms with E-state index in [0.29, 0.717) is 23.0 Å². The van der Waals surface area contributed by atoms with Crippen molar-refractivity contribution in [1.29, 1.82) is 0 Å². The molecule has 4 aliphatic carbocycles. The molecule has 4 saturated carbocycles. The fourth-order valence-corrected chi connectivity index (χ4v) is 12.7. The fourth-order valence-electron chi connectivity index (χ4n) is 10.4. The largest absolute Gasteiger partial charge is 0.415 e. The molecular weight excluding hydrogens is 485 g/mol. The van der Waals surface area contributed by atoms with Crippen LogP contribution in [0.2, 0.25) is 39.3 Å². The first-order valence-electron chi connectivity index (χ1n) is 16.4. The lowest BCUT2D eigenvalue weighted by Gasteiger charge is -2.64. The molecule has 4 heteroatoms. The number of hydrogen-bond donors (Lipinski definition) is 0. The summed E-state index contributed by atoms with van der Waals surface area (Å²) in [6.07, 6.45) is 16.3. The molecule has 0 saturated heterocycles. The highest BCUT2D eigenvalue weighted by Gasteiger charge is 2.63. The minimum Gasteiger partial charge on any atom is -0.415 e. The van der Waals surface area contributed by atoms with E-state index in [9.17, 15) is 0 Å². The molecule has 0 aliphatic heterocycles. The summed E-state index contributed by atoms with van der Waals surface area (Å²) < 4.78 is 13.9. The highest BCUT2D eigenvalue weighted by atomic mass is 28.4. The van der Waals surface area contributed by atoms with E-state index < -0.39 is 16.6 Å². The average molecular weight is 549 g/mol. The van der Waals surface area contributed by atoms with E-state index in [0.717, 1.165) is 41.4 Å². The molecule has 0 radical (unpaired) electrons. The van der Waals surface area contributed by atoms with Gasteiger partial charge >= 0.3 is 0 Å². The van der Waals surface area contributed by atoms with Crippen LogP contribution in [0, 0.1) is 52.3 Å². The normalized spacial score (nSPS) is 43.3. The first-order valence-corrected chi connectivity index (χ1v) is 23.2. The van der Waals surface area contributed by atoms with Crippen molar-refractivity contribution in [3.8, 4) is 0 Å². The van der Waals surface area contributed by atoms with E-state index in [-0.39, 0.29) is 0 Å². The fraction of sp³-hybridized carbons (Fsp3) is 1.00. The van der Waals surface area contributed by atoms with Crippen LogP contribution in [0.25, 0.3) is 0 Å². The lowest BCUT2D eigenvalue weighted by molar-refractivity contribution is -0.168. The molecule has 0 spiro atoms. The Morgan fingerprint density at radius 1 is 0.730 bits per heavy atom. The van der Waals surface area contributed by atoms with Crippen LogP contribution in [0.15, 0.2) is 0 Å². The van der Waals surface area contributed by atoms with Gasteiger partial charge in [-0.25, -0.2) is 0 Å². The van der Waals surface area contributed by atoms with Crippen molar-refractivity contribution in [3.05, 3.63) is 0 Å².